The van der Waals surface area contributed by atoms with E-state index in [4.69, 9.17) is 16.3 Å². The molecule has 1 aliphatic rings. The first-order chi connectivity index (χ1) is 12.0. The van der Waals surface area contributed by atoms with Gasteiger partial charge in [-0.05, 0) is 37.7 Å². The van der Waals surface area contributed by atoms with E-state index >= 15 is 0 Å². The van der Waals surface area contributed by atoms with Crippen molar-refractivity contribution in [2.24, 2.45) is 0 Å². The maximum atomic E-state index is 12.0. The van der Waals surface area contributed by atoms with Crippen LogP contribution in [0.1, 0.15) is 19.4 Å². The Kier molecular flexibility index (Phi) is 9.01. The Morgan fingerprint density at radius 3 is 2.62 bits per heavy atom. The lowest BCUT2D eigenvalue weighted by molar-refractivity contribution is 0.00134. The molecule has 0 radical (unpaired) electrons. The lowest BCUT2D eigenvalue weighted by atomic mass is 10.2. The van der Waals surface area contributed by atoms with E-state index < -0.39 is 6.09 Å². The fraction of sp³-hybridized carbons (Fsp3) is 0.471. The normalized spacial score (nSPS) is 13.9. The molecule has 0 spiro atoms. The van der Waals surface area contributed by atoms with Gasteiger partial charge in [-0.15, -0.1) is 17.5 Å². The summed E-state index contributed by atoms with van der Waals surface area (Å²) in [6, 6.07) is 5.72. The molecular formula is C17H27Cl2N5O2. The summed E-state index contributed by atoms with van der Waals surface area (Å²) in [7, 11) is 1.36. The maximum absolute atomic E-state index is 12.0. The quantitative estimate of drug-likeness (QED) is 0.726. The highest BCUT2D eigenvalue weighted by Gasteiger charge is 2.28. The molecule has 0 saturated carbocycles. The van der Waals surface area contributed by atoms with Crippen molar-refractivity contribution < 1.29 is 9.53 Å². The first kappa shape index (κ1) is 22.4. The van der Waals surface area contributed by atoms with E-state index in [0.717, 1.165) is 30.9 Å². The van der Waals surface area contributed by atoms with Crippen LogP contribution in [0.3, 0.4) is 0 Å². The zero-order chi connectivity index (χ0) is 18.4. The van der Waals surface area contributed by atoms with Crippen molar-refractivity contribution in [3.8, 4) is 0 Å². The molecule has 2 N–H and O–H groups in total. The predicted octanol–water partition coefficient (Wildman–Crippen LogP) is 3.43. The molecule has 2 rings (SSSR count). The van der Waals surface area contributed by atoms with Gasteiger partial charge in [-0.25, -0.2) is 4.79 Å². The summed E-state index contributed by atoms with van der Waals surface area (Å²) < 4.78 is 4.86. The third kappa shape index (κ3) is 5.67. The minimum Gasteiger partial charge on any atom is -0.451 e. The molecule has 0 fully saturated rings. The smallest absolute Gasteiger partial charge is 0.429 e. The molecule has 1 aliphatic heterocycles. The van der Waals surface area contributed by atoms with E-state index in [9.17, 15) is 4.79 Å². The lowest BCUT2D eigenvalue weighted by Crippen LogP contribution is -2.49. The van der Waals surface area contributed by atoms with Crippen LogP contribution < -0.4 is 10.7 Å². The lowest BCUT2D eigenvalue weighted by Gasteiger charge is -2.28. The van der Waals surface area contributed by atoms with Gasteiger partial charge in [0.2, 0.25) is 0 Å². The zero-order valence-corrected chi connectivity index (χ0v) is 17.2. The van der Waals surface area contributed by atoms with Crippen molar-refractivity contribution in [1.82, 2.24) is 20.5 Å². The number of hydrogen-bond donors (Lipinski definition) is 2. The maximum Gasteiger partial charge on any atom is 0.429 e. The molecule has 1 aromatic rings. The highest BCUT2D eigenvalue weighted by Crippen LogP contribution is 2.22. The number of aryl methyl sites for hydroxylation is 1. The Balaban J connectivity index is 0.00000338. The van der Waals surface area contributed by atoms with Crippen LogP contribution in [0.4, 0.5) is 10.5 Å². The molecule has 0 aromatic heterocycles. The van der Waals surface area contributed by atoms with Crippen LogP contribution in [-0.4, -0.2) is 54.4 Å². The number of carbonyl (C=O) groups excluding carboxylic acids is 1. The van der Waals surface area contributed by atoms with Crippen molar-refractivity contribution in [2.75, 3.05) is 38.6 Å². The minimum atomic E-state index is -0.453. The van der Waals surface area contributed by atoms with Crippen LogP contribution in [0.2, 0.25) is 5.02 Å². The molecule has 1 amide bonds. The van der Waals surface area contributed by atoms with E-state index in [1.165, 1.54) is 12.1 Å². The average Bonchev–Trinajstić information content (AvgIpc) is 3.01. The Bertz CT molecular complexity index is 638. The summed E-state index contributed by atoms with van der Waals surface area (Å²) in [5.41, 5.74) is 5.03. The fourth-order valence-corrected chi connectivity index (χ4v) is 2.67. The summed E-state index contributed by atoms with van der Waals surface area (Å²) in [5.74, 6) is 0.671. The molecule has 1 heterocycles. The number of nitrogens with zero attached hydrogens (tertiary/aromatic N) is 3. The zero-order valence-electron chi connectivity index (χ0n) is 15.6. The summed E-state index contributed by atoms with van der Waals surface area (Å²) in [6.45, 7) is 9.56. The highest BCUT2D eigenvalue weighted by atomic mass is 35.5. The van der Waals surface area contributed by atoms with Crippen LogP contribution >= 0.6 is 24.0 Å². The first-order valence-electron chi connectivity index (χ1n) is 8.37. The monoisotopic (exact) mass is 403 g/mol. The van der Waals surface area contributed by atoms with Gasteiger partial charge in [-0.1, -0.05) is 31.5 Å². The number of benzene rings is 1. The fourth-order valence-electron chi connectivity index (χ4n) is 2.48. The van der Waals surface area contributed by atoms with Crippen LogP contribution in [0.15, 0.2) is 30.2 Å². The summed E-state index contributed by atoms with van der Waals surface area (Å²) in [5, 5.41) is 7.05. The first-order valence-corrected chi connectivity index (χ1v) is 8.74. The van der Waals surface area contributed by atoms with E-state index in [-0.39, 0.29) is 12.4 Å². The predicted molar refractivity (Wildman–Crippen MR) is 107 cm³/mol. The van der Waals surface area contributed by atoms with Crippen molar-refractivity contribution in [3.63, 3.8) is 0 Å². The second-order valence-corrected chi connectivity index (χ2v) is 6.12. The van der Waals surface area contributed by atoms with Crippen molar-refractivity contribution in [1.29, 1.82) is 0 Å². The Labute approximate surface area is 166 Å². The molecule has 0 bridgehead atoms. The van der Waals surface area contributed by atoms with Crippen LogP contribution in [0, 0.1) is 6.92 Å². The molecule has 26 heavy (non-hydrogen) atoms. The van der Waals surface area contributed by atoms with Gasteiger partial charge >= 0.3 is 6.09 Å². The number of hydrazine groups is 2. The molecule has 0 aliphatic carbocycles. The third-order valence-corrected chi connectivity index (χ3v) is 4.50. The van der Waals surface area contributed by atoms with Gasteiger partial charge in [0.05, 0.1) is 19.9 Å². The Morgan fingerprint density at radius 1 is 1.35 bits per heavy atom. The van der Waals surface area contributed by atoms with Crippen LogP contribution in [0.5, 0.6) is 0 Å². The number of anilines is 1. The molecule has 1 aromatic carbocycles. The number of amides is 1. The van der Waals surface area contributed by atoms with E-state index in [2.05, 4.69) is 29.5 Å². The topological polar surface area (TPSA) is 60.1 Å². The van der Waals surface area contributed by atoms with Gasteiger partial charge in [-0.2, -0.15) is 5.01 Å². The van der Waals surface area contributed by atoms with Gasteiger partial charge in [0.25, 0.3) is 0 Å². The van der Waals surface area contributed by atoms with Gasteiger partial charge in [0, 0.05) is 17.3 Å². The second-order valence-electron chi connectivity index (χ2n) is 5.71. The highest BCUT2D eigenvalue weighted by molar-refractivity contribution is 6.31. The average molecular weight is 404 g/mol. The van der Waals surface area contributed by atoms with Gasteiger partial charge in [0.1, 0.15) is 5.82 Å². The summed E-state index contributed by atoms with van der Waals surface area (Å²) in [4.78, 5) is 14.3. The molecule has 0 saturated heterocycles. The molecule has 146 valence electrons. The largest absolute Gasteiger partial charge is 0.451 e. The Morgan fingerprint density at radius 2 is 2.04 bits per heavy atom. The van der Waals surface area contributed by atoms with Crippen molar-refractivity contribution in [2.45, 2.75) is 20.8 Å². The standard InChI is InChI=1S/C17H26ClN5O2.ClH/c1-5-21(6-2)9-10-23-20-16(12-22(23)17(24)25-4)19-14-8-7-13(3)15(18)11-14;/h7-8,11-12,19-20H,5-6,9-10H2,1-4H3;1H. The number of rotatable bonds is 7. The van der Waals surface area contributed by atoms with Gasteiger partial charge < -0.3 is 15.0 Å². The molecule has 9 heteroatoms. The number of methoxy groups -OCH3 is 1. The summed E-state index contributed by atoms with van der Waals surface area (Å²) in [6.07, 6.45) is 1.22. The van der Waals surface area contributed by atoms with Crippen molar-refractivity contribution >= 4 is 35.8 Å². The van der Waals surface area contributed by atoms with Gasteiger partial charge in [0.15, 0.2) is 0 Å². The minimum absolute atomic E-state index is 0. The molecular weight excluding hydrogens is 377 g/mol. The summed E-state index contributed by atoms with van der Waals surface area (Å²) >= 11 is 6.17. The number of hydrogen-bond acceptors (Lipinski definition) is 6. The second kappa shape index (κ2) is 10.5. The van der Waals surface area contributed by atoms with Crippen LogP contribution in [0.25, 0.3) is 0 Å². The third-order valence-electron chi connectivity index (χ3n) is 4.10. The van der Waals surface area contributed by atoms with Gasteiger partial charge in [-0.3, -0.25) is 5.43 Å². The number of carbonyl (C=O) groups is 1. The van der Waals surface area contributed by atoms with E-state index in [0.29, 0.717) is 17.4 Å². The van der Waals surface area contributed by atoms with Crippen LogP contribution in [-0.2, 0) is 4.74 Å². The Hall–Kier alpha value is -1.67. The number of nitrogens with one attached hydrogen (secondary N) is 2. The SMILES string of the molecule is CCN(CC)CCN1NC(Nc2ccc(C)c(Cl)c2)=CN1C(=O)OC.Cl. The number of ether oxygens (including phenoxy) is 1. The number of likely N-dealkylation sites (N-methyl/N-ethyl adjacent to an activating group) is 1. The van der Waals surface area contributed by atoms with E-state index in [1.807, 2.05) is 25.1 Å². The molecule has 0 unspecified atom stereocenters. The molecule has 0 atom stereocenters. The van der Waals surface area contributed by atoms with E-state index in [1.54, 1.807) is 11.3 Å². The molecule has 7 nitrogen and oxygen atoms in total. The van der Waals surface area contributed by atoms with Crippen molar-refractivity contribution in [3.05, 3.63) is 40.8 Å². The number of halogens is 2.